The third kappa shape index (κ3) is 1.88. The van der Waals surface area contributed by atoms with Crippen LogP contribution in [0.5, 0.6) is 5.75 Å². The highest BCUT2D eigenvalue weighted by Gasteiger charge is 2.60. The lowest BCUT2D eigenvalue weighted by Gasteiger charge is -2.37. The molecule has 0 amide bonds. The van der Waals surface area contributed by atoms with Gasteiger partial charge in [-0.3, -0.25) is 0 Å². The summed E-state index contributed by atoms with van der Waals surface area (Å²) in [6.45, 7) is 0. The highest BCUT2D eigenvalue weighted by Crippen LogP contribution is 2.59. The number of sulfone groups is 1. The van der Waals surface area contributed by atoms with E-state index in [1.165, 1.54) is 11.1 Å². The van der Waals surface area contributed by atoms with Crippen molar-refractivity contribution in [1.29, 1.82) is 0 Å². The van der Waals surface area contributed by atoms with Gasteiger partial charge in [-0.1, -0.05) is 24.3 Å². The maximum atomic E-state index is 13.3. The molecule has 0 aromatic heterocycles. The van der Waals surface area contributed by atoms with Gasteiger partial charge in [-0.15, -0.1) is 0 Å². The molecule has 0 radical (unpaired) electrons. The van der Waals surface area contributed by atoms with Crippen LogP contribution in [-0.4, -0.2) is 19.8 Å². The number of benzene rings is 2. The monoisotopic (exact) mass is 550 g/mol. The maximum absolute atomic E-state index is 13.3. The SMILES string of the molecule is O=S1(=O)c2c(I)cc(I)cc2OC2C3CC(c4ccccc43)C21. The first-order chi connectivity index (χ1) is 11.0. The zero-order valence-corrected chi connectivity index (χ0v) is 17.0. The highest BCUT2D eigenvalue weighted by atomic mass is 127. The predicted octanol–water partition coefficient (Wildman–Crippen LogP) is 4.08. The fourth-order valence-corrected chi connectivity index (χ4v) is 9.51. The van der Waals surface area contributed by atoms with E-state index in [2.05, 4.69) is 57.3 Å². The summed E-state index contributed by atoms with van der Waals surface area (Å²) in [6.07, 6.45) is 0.636. The number of halogens is 2. The maximum Gasteiger partial charge on any atom is 0.190 e. The summed E-state index contributed by atoms with van der Waals surface area (Å²) in [5, 5.41) is -0.441. The molecule has 1 saturated carbocycles. The third-order valence-corrected chi connectivity index (χ3v) is 9.44. The van der Waals surface area contributed by atoms with Gasteiger partial charge in [0.05, 0.1) is 0 Å². The van der Waals surface area contributed by atoms with E-state index in [0.717, 1.165) is 13.6 Å². The van der Waals surface area contributed by atoms with Gasteiger partial charge >= 0.3 is 0 Å². The Labute approximate surface area is 162 Å². The molecule has 3 aliphatic rings. The van der Waals surface area contributed by atoms with Gasteiger partial charge < -0.3 is 4.74 Å². The van der Waals surface area contributed by atoms with Crippen molar-refractivity contribution in [3.8, 4) is 5.75 Å². The van der Waals surface area contributed by atoms with Gasteiger partial charge in [0.25, 0.3) is 0 Å². The summed E-state index contributed by atoms with van der Waals surface area (Å²) in [5.74, 6) is 0.793. The van der Waals surface area contributed by atoms with Crippen LogP contribution in [0.3, 0.4) is 0 Å². The second-order valence-electron chi connectivity index (χ2n) is 6.38. The summed E-state index contributed by atoms with van der Waals surface area (Å²) in [4.78, 5) is 0.393. The summed E-state index contributed by atoms with van der Waals surface area (Å²) in [5.41, 5.74) is 2.48. The number of fused-ring (bicyclic) bond motifs is 9. The number of rotatable bonds is 0. The van der Waals surface area contributed by atoms with E-state index >= 15 is 0 Å². The van der Waals surface area contributed by atoms with Gasteiger partial charge in [-0.05, 0) is 74.9 Å². The van der Waals surface area contributed by atoms with E-state index in [1.807, 2.05) is 24.3 Å². The van der Waals surface area contributed by atoms with Gasteiger partial charge in [-0.2, -0.15) is 0 Å². The Morgan fingerprint density at radius 1 is 1.04 bits per heavy atom. The van der Waals surface area contributed by atoms with E-state index in [-0.39, 0.29) is 17.9 Å². The minimum Gasteiger partial charge on any atom is -0.487 e. The first-order valence-electron chi connectivity index (χ1n) is 7.47. The van der Waals surface area contributed by atoms with Crippen LogP contribution in [0.15, 0.2) is 41.3 Å². The standard InChI is InChI=1S/C17H12I2O3S/c18-8-5-13(19)17-14(6-8)22-15-11-7-12(16(15)23(17,20)21)10-4-2-1-3-9(10)11/h1-6,11-12,15-16H,7H2. The van der Waals surface area contributed by atoms with E-state index < -0.39 is 15.1 Å². The molecule has 118 valence electrons. The van der Waals surface area contributed by atoms with Crippen LogP contribution in [0.25, 0.3) is 0 Å². The zero-order valence-electron chi connectivity index (χ0n) is 11.9. The molecule has 3 nitrogen and oxygen atoms in total. The number of hydrogen-bond acceptors (Lipinski definition) is 3. The van der Waals surface area contributed by atoms with Gasteiger partial charge in [0.2, 0.25) is 0 Å². The van der Waals surface area contributed by atoms with Crippen molar-refractivity contribution in [1.82, 2.24) is 0 Å². The number of ether oxygens (including phenoxy) is 1. The fourth-order valence-electron chi connectivity index (χ4n) is 4.52. The molecular weight excluding hydrogens is 538 g/mol. The highest BCUT2D eigenvalue weighted by molar-refractivity contribution is 14.1. The molecule has 2 bridgehead atoms. The van der Waals surface area contributed by atoms with Crippen molar-refractivity contribution in [2.75, 3.05) is 0 Å². The topological polar surface area (TPSA) is 43.4 Å². The normalized spacial score (nSPS) is 31.9. The minimum atomic E-state index is -3.38. The smallest absolute Gasteiger partial charge is 0.190 e. The average Bonchev–Trinajstić information content (AvgIpc) is 3.03. The molecule has 2 aromatic carbocycles. The molecule has 4 atom stereocenters. The Kier molecular flexibility index (Phi) is 3.15. The Morgan fingerprint density at radius 3 is 2.48 bits per heavy atom. The predicted molar refractivity (Wildman–Crippen MR) is 104 cm³/mol. The van der Waals surface area contributed by atoms with Crippen LogP contribution >= 0.6 is 45.2 Å². The van der Waals surface area contributed by atoms with Gasteiger partial charge in [0.1, 0.15) is 22.0 Å². The Morgan fingerprint density at radius 2 is 1.74 bits per heavy atom. The second kappa shape index (κ2) is 4.85. The van der Waals surface area contributed by atoms with Crippen molar-refractivity contribution < 1.29 is 13.2 Å². The van der Waals surface area contributed by atoms with Crippen LogP contribution < -0.4 is 4.74 Å². The molecule has 1 heterocycles. The van der Waals surface area contributed by atoms with Crippen LogP contribution in [-0.2, 0) is 9.84 Å². The largest absolute Gasteiger partial charge is 0.487 e. The van der Waals surface area contributed by atoms with E-state index in [0.29, 0.717) is 10.6 Å². The van der Waals surface area contributed by atoms with E-state index in [1.54, 1.807) is 0 Å². The van der Waals surface area contributed by atoms with Crippen LogP contribution in [0.1, 0.15) is 29.4 Å². The molecule has 0 spiro atoms. The third-order valence-electron chi connectivity index (χ3n) is 5.30. The fraction of sp³-hybridized carbons (Fsp3) is 0.294. The lowest BCUT2D eigenvalue weighted by atomic mass is 9.89. The summed E-state index contributed by atoms with van der Waals surface area (Å²) in [6, 6.07) is 12.0. The molecule has 4 unspecified atom stereocenters. The first kappa shape index (κ1) is 14.9. The number of hydrogen-bond donors (Lipinski definition) is 0. The summed E-state index contributed by atoms with van der Waals surface area (Å²) >= 11 is 4.32. The van der Waals surface area contributed by atoms with Crippen molar-refractivity contribution in [3.63, 3.8) is 0 Å². The van der Waals surface area contributed by atoms with Crippen molar-refractivity contribution in [3.05, 3.63) is 54.7 Å². The molecular formula is C17H12I2O3S. The zero-order chi connectivity index (χ0) is 15.9. The van der Waals surface area contributed by atoms with Gasteiger partial charge in [-0.25, -0.2) is 8.42 Å². The molecule has 23 heavy (non-hydrogen) atoms. The lowest BCUT2D eigenvalue weighted by molar-refractivity contribution is 0.173. The van der Waals surface area contributed by atoms with Crippen LogP contribution in [0, 0.1) is 7.14 Å². The molecule has 0 N–H and O–H groups in total. The van der Waals surface area contributed by atoms with Gasteiger partial charge in [0, 0.05) is 19.0 Å². The molecule has 2 aromatic rings. The molecule has 5 rings (SSSR count). The van der Waals surface area contributed by atoms with E-state index in [9.17, 15) is 8.42 Å². The molecule has 2 aliphatic carbocycles. The molecule has 1 aliphatic heterocycles. The van der Waals surface area contributed by atoms with Crippen molar-refractivity contribution in [2.24, 2.45) is 0 Å². The molecule has 1 fully saturated rings. The Balaban J connectivity index is 1.75. The lowest BCUT2D eigenvalue weighted by Crippen LogP contribution is -2.45. The van der Waals surface area contributed by atoms with Crippen LogP contribution in [0.2, 0.25) is 0 Å². The second-order valence-corrected chi connectivity index (χ2v) is 10.8. The quantitative estimate of drug-likeness (QED) is 0.465. The Bertz CT molecular complexity index is 954. The van der Waals surface area contributed by atoms with E-state index in [4.69, 9.17) is 4.74 Å². The molecule has 6 heteroatoms. The van der Waals surface area contributed by atoms with Gasteiger partial charge in [0.15, 0.2) is 9.84 Å². The molecule has 0 saturated heterocycles. The minimum absolute atomic E-state index is 0.0643. The Hall–Kier alpha value is -0.350. The first-order valence-corrected chi connectivity index (χ1v) is 11.2. The average molecular weight is 550 g/mol. The van der Waals surface area contributed by atoms with Crippen molar-refractivity contribution in [2.45, 2.75) is 34.5 Å². The summed E-state index contributed by atoms with van der Waals surface area (Å²) < 4.78 is 34.7. The van der Waals surface area contributed by atoms with Crippen molar-refractivity contribution >= 4 is 55.0 Å². The van der Waals surface area contributed by atoms with Crippen LogP contribution in [0.4, 0.5) is 0 Å². The summed E-state index contributed by atoms with van der Waals surface area (Å²) in [7, 11) is -3.38.